The molecular formula is C18H20N2O4. The molecule has 2 amide bonds. The number of carbonyl (C=O) groups is 2. The first-order valence-electron chi connectivity index (χ1n) is 7.60. The number of anilines is 2. The molecule has 0 heterocycles. The van der Waals surface area contributed by atoms with Crippen molar-refractivity contribution >= 4 is 23.2 Å². The van der Waals surface area contributed by atoms with Crippen molar-refractivity contribution in [2.45, 2.75) is 13.8 Å². The zero-order valence-electron chi connectivity index (χ0n) is 13.7. The second-order valence-electron chi connectivity index (χ2n) is 5.00. The van der Waals surface area contributed by atoms with Gasteiger partial charge in [-0.2, -0.15) is 0 Å². The summed E-state index contributed by atoms with van der Waals surface area (Å²) >= 11 is 0. The number of ether oxygens (including phenoxy) is 2. The molecule has 0 unspecified atom stereocenters. The van der Waals surface area contributed by atoms with E-state index in [1.165, 1.54) is 6.92 Å². The van der Waals surface area contributed by atoms with Crippen LogP contribution in [0.15, 0.2) is 48.5 Å². The SMILES string of the molecule is CCOc1ccc(OCC(=O)Nc2ccc(NC(C)=O)cc2)cc1. The molecule has 0 aromatic heterocycles. The minimum atomic E-state index is -0.267. The molecule has 2 N–H and O–H groups in total. The van der Waals surface area contributed by atoms with E-state index in [0.29, 0.717) is 23.7 Å². The Kier molecular flexibility index (Phi) is 6.19. The summed E-state index contributed by atoms with van der Waals surface area (Å²) in [6.07, 6.45) is 0. The van der Waals surface area contributed by atoms with E-state index in [-0.39, 0.29) is 18.4 Å². The van der Waals surface area contributed by atoms with Crippen LogP contribution in [0, 0.1) is 0 Å². The van der Waals surface area contributed by atoms with Crippen LogP contribution in [0.4, 0.5) is 11.4 Å². The molecule has 126 valence electrons. The van der Waals surface area contributed by atoms with Crippen LogP contribution >= 0.6 is 0 Å². The van der Waals surface area contributed by atoms with Crippen molar-refractivity contribution in [1.82, 2.24) is 0 Å². The highest BCUT2D eigenvalue weighted by molar-refractivity contribution is 5.93. The number of carbonyl (C=O) groups excluding carboxylic acids is 2. The fourth-order valence-electron chi connectivity index (χ4n) is 1.98. The largest absolute Gasteiger partial charge is 0.494 e. The lowest BCUT2D eigenvalue weighted by atomic mass is 10.2. The zero-order valence-corrected chi connectivity index (χ0v) is 13.7. The zero-order chi connectivity index (χ0) is 17.4. The monoisotopic (exact) mass is 328 g/mol. The van der Waals surface area contributed by atoms with E-state index in [9.17, 15) is 9.59 Å². The number of benzene rings is 2. The van der Waals surface area contributed by atoms with Crippen LogP contribution in [0.3, 0.4) is 0 Å². The highest BCUT2D eigenvalue weighted by Gasteiger charge is 2.04. The van der Waals surface area contributed by atoms with Crippen molar-refractivity contribution in [3.8, 4) is 11.5 Å². The van der Waals surface area contributed by atoms with E-state index < -0.39 is 0 Å². The first kappa shape index (κ1) is 17.3. The van der Waals surface area contributed by atoms with Gasteiger partial charge in [0.25, 0.3) is 5.91 Å². The Morgan fingerprint density at radius 2 is 1.33 bits per heavy atom. The van der Waals surface area contributed by atoms with Gasteiger partial charge in [0.05, 0.1) is 6.61 Å². The Balaban J connectivity index is 1.81. The Hall–Kier alpha value is -3.02. The summed E-state index contributed by atoms with van der Waals surface area (Å²) in [5.74, 6) is 0.940. The van der Waals surface area contributed by atoms with E-state index in [4.69, 9.17) is 9.47 Å². The van der Waals surface area contributed by atoms with Crippen LogP contribution in [0.2, 0.25) is 0 Å². The molecule has 6 heteroatoms. The predicted octanol–water partition coefficient (Wildman–Crippen LogP) is 3.06. The summed E-state index contributed by atoms with van der Waals surface area (Å²) in [4.78, 5) is 22.8. The molecule has 0 saturated heterocycles. The van der Waals surface area contributed by atoms with Crippen LogP contribution < -0.4 is 20.1 Å². The van der Waals surface area contributed by atoms with Crippen LogP contribution in [0.5, 0.6) is 11.5 Å². The summed E-state index contributed by atoms with van der Waals surface area (Å²) in [5.41, 5.74) is 1.30. The summed E-state index contributed by atoms with van der Waals surface area (Å²) in [7, 11) is 0. The lowest BCUT2D eigenvalue weighted by Crippen LogP contribution is -2.20. The fraction of sp³-hybridized carbons (Fsp3) is 0.222. The molecule has 0 atom stereocenters. The van der Waals surface area contributed by atoms with E-state index >= 15 is 0 Å². The molecule has 0 fully saturated rings. The normalized spacial score (nSPS) is 9.92. The molecule has 0 radical (unpaired) electrons. The topological polar surface area (TPSA) is 76.7 Å². The van der Waals surface area contributed by atoms with Gasteiger partial charge in [0.2, 0.25) is 5.91 Å². The molecule has 0 aliphatic rings. The van der Waals surface area contributed by atoms with Crippen LogP contribution in [-0.2, 0) is 9.59 Å². The van der Waals surface area contributed by atoms with Gasteiger partial charge in [-0.1, -0.05) is 0 Å². The van der Waals surface area contributed by atoms with Crippen molar-refractivity contribution in [3.05, 3.63) is 48.5 Å². The second-order valence-corrected chi connectivity index (χ2v) is 5.00. The minimum absolute atomic E-state index is 0.0958. The first-order valence-corrected chi connectivity index (χ1v) is 7.60. The molecule has 0 saturated carbocycles. The van der Waals surface area contributed by atoms with Crippen molar-refractivity contribution in [2.24, 2.45) is 0 Å². The lowest BCUT2D eigenvalue weighted by Gasteiger charge is -2.09. The Labute approximate surface area is 140 Å². The Morgan fingerprint density at radius 3 is 1.83 bits per heavy atom. The number of amides is 2. The molecule has 0 bridgehead atoms. The van der Waals surface area contributed by atoms with Gasteiger partial charge in [0.15, 0.2) is 6.61 Å². The number of nitrogens with one attached hydrogen (secondary N) is 2. The standard InChI is InChI=1S/C18H20N2O4/c1-3-23-16-8-10-17(11-9-16)24-12-18(22)20-15-6-4-14(5-7-15)19-13(2)21/h4-11H,3,12H2,1-2H3,(H,19,21)(H,20,22). The fourth-order valence-corrected chi connectivity index (χ4v) is 1.98. The molecule has 0 aliphatic carbocycles. The first-order chi connectivity index (χ1) is 11.6. The van der Waals surface area contributed by atoms with Gasteiger partial charge < -0.3 is 20.1 Å². The van der Waals surface area contributed by atoms with E-state index in [1.807, 2.05) is 6.92 Å². The summed E-state index contributed by atoms with van der Waals surface area (Å²) in [5, 5.41) is 5.38. The van der Waals surface area contributed by atoms with Crippen LogP contribution in [-0.4, -0.2) is 25.0 Å². The Morgan fingerprint density at radius 1 is 0.833 bits per heavy atom. The molecule has 24 heavy (non-hydrogen) atoms. The van der Waals surface area contributed by atoms with Gasteiger partial charge in [-0.25, -0.2) is 0 Å². The quantitative estimate of drug-likeness (QED) is 0.819. The highest BCUT2D eigenvalue weighted by atomic mass is 16.5. The maximum atomic E-state index is 11.9. The predicted molar refractivity (Wildman–Crippen MR) is 92.5 cm³/mol. The summed E-state index contributed by atoms with van der Waals surface area (Å²) in [6.45, 7) is 3.86. The summed E-state index contributed by atoms with van der Waals surface area (Å²) in [6, 6.07) is 13.9. The molecule has 0 aliphatic heterocycles. The van der Waals surface area contributed by atoms with Gasteiger partial charge in [-0.05, 0) is 55.5 Å². The number of hydrogen-bond acceptors (Lipinski definition) is 4. The summed E-state index contributed by atoms with van der Waals surface area (Å²) < 4.78 is 10.8. The molecule has 6 nitrogen and oxygen atoms in total. The van der Waals surface area contributed by atoms with Gasteiger partial charge >= 0.3 is 0 Å². The third-order valence-electron chi connectivity index (χ3n) is 2.99. The number of hydrogen-bond donors (Lipinski definition) is 2. The van der Waals surface area contributed by atoms with Crippen LogP contribution in [0.25, 0.3) is 0 Å². The molecule has 2 aromatic carbocycles. The van der Waals surface area contributed by atoms with Crippen molar-refractivity contribution in [1.29, 1.82) is 0 Å². The maximum absolute atomic E-state index is 11.9. The molecular weight excluding hydrogens is 308 g/mol. The average Bonchev–Trinajstić information content (AvgIpc) is 2.56. The number of rotatable bonds is 7. The van der Waals surface area contributed by atoms with Crippen molar-refractivity contribution < 1.29 is 19.1 Å². The van der Waals surface area contributed by atoms with Gasteiger partial charge in [-0.15, -0.1) is 0 Å². The van der Waals surface area contributed by atoms with Crippen molar-refractivity contribution in [2.75, 3.05) is 23.8 Å². The minimum Gasteiger partial charge on any atom is -0.494 e. The third-order valence-corrected chi connectivity index (χ3v) is 2.99. The van der Waals surface area contributed by atoms with E-state index in [1.54, 1.807) is 48.5 Å². The Bertz CT molecular complexity index is 681. The van der Waals surface area contributed by atoms with E-state index in [2.05, 4.69) is 10.6 Å². The van der Waals surface area contributed by atoms with Crippen molar-refractivity contribution in [3.63, 3.8) is 0 Å². The second kappa shape index (κ2) is 8.57. The average molecular weight is 328 g/mol. The van der Waals surface area contributed by atoms with E-state index in [0.717, 1.165) is 5.75 Å². The van der Waals surface area contributed by atoms with Crippen LogP contribution in [0.1, 0.15) is 13.8 Å². The maximum Gasteiger partial charge on any atom is 0.262 e. The third kappa shape index (κ3) is 5.64. The molecule has 2 aromatic rings. The lowest BCUT2D eigenvalue weighted by molar-refractivity contribution is -0.118. The molecule has 2 rings (SSSR count). The van der Waals surface area contributed by atoms with Gasteiger partial charge in [-0.3, -0.25) is 9.59 Å². The molecule has 0 spiro atoms. The van der Waals surface area contributed by atoms with Gasteiger partial charge in [0.1, 0.15) is 11.5 Å². The highest BCUT2D eigenvalue weighted by Crippen LogP contribution is 2.18. The van der Waals surface area contributed by atoms with Gasteiger partial charge in [0, 0.05) is 18.3 Å². The smallest absolute Gasteiger partial charge is 0.262 e.